The lowest BCUT2D eigenvalue weighted by Gasteiger charge is -2.35. The molecule has 1 aromatic heterocycles. The number of likely N-dealkylation sites (tertiary alicyclic amines) is 1. The van der Waals surface area contributed by atoms with Crippen LogP contribution >= 0.6 is 0 Å². The van der Waals surface area contributed by atoms with E-state index in [1.807, 2.05) is 34.1 Å². The van der Waals surface area contributed by atoms with E-state index in [2.05, 4.69) is 15.1 Å². The van der Waals surface area contributed by atoms with E-state index in [9.17, 15) is 9.59 Å². The van der Waals surface area contributed by atoms with Crippen LogP contribution < -0.4 is 4.74 Å². The van der Waals surface area contributed by atoms with Gasteiger partial charge < -0.3 is 14.5 Å². The summed E-state index contributed by atoms with van der Waals surface area (Å²) < 4.78 is 5.21. The molecule has 0 bridgehead atoms. The molecule has 2 aromatic rings. The number of ether oxygens (including phenoxy) is 1. The topological polar surface area (TPSA) is 81.8 Å². The molecule has 2 saturated heterocycles. The second-order valence-corrected chi connectivity index (χ2v) is 8.25. The molecule has 0 spiro atoms. The van der Waals surface area contributed by atoms with Gasteiger partial charge in [0.1, 0.15) is 5.75 Å². The van der Waals surface area contributed by atoms with Crippen LogP contribution in [0.4, 0.5) is 0 Å². The Morgan fingerprint density at radius 1 is 0.935 bits per heavy atom. The molecule has 2 aliphatic rings. The lowest BCUT2D eigenvalue weighted by Crippen LogP contribution is -2.51. The zero-order valence-corrected chi connectivity index (χ0v) is 18.2. The summed E-state index contributed by atoms with van der Waals surface area (Å²) in [6, 6.07) is 7.56. The third-order valence-electron chi connectivity index (χ3n) is 6.23. The average Bonchev–Trinajstić information content (AvgIpc) is 3.13. The van der Waals surface area contributed by atoms with Gasteiger partial charge in [-0.2, -0.15) is 5.10 Å². The summed E-state index contributed by atoms with van der Waals surface area (Å²) in [6.45, 7) is 4.85. The van der Waals surface area contributed by atoms with Crippen LogP contribution in [0.5, 0.6) is 5.75 Å². The van der Waals surface area contributed by atoms with Crippen LogP contribution in [0.2, 0.25) is 0 Å². The van der Waals surface area contributed by atoms with E-state index >= 15 is 0 Å². The van der Waals surface area contributed by atoms with Crippen LogP contribution in [0.15, 0.2) is 30.5 Å². The highest BCUT2D eigenvalue weighted by molar-refractivity contribution is 5.99. The first kappa shape index (κ1) is 21.4. The predicted octanol–water partition coefficient (Wildman–Crippen LogP) is 2.25. The minimum Gasteiger partial charge on any atom is -0.497 e. The van der Waals surface area contributed by atoms with Crippen LogP contribution in [0.25, 0.3) is 11.3 Å². The molecule has 2 amide bonds. The lowest BCUT2D eigenvalue weighted by atomic mass is 10.1. The Hall–Kier alpha value is -2.87. The Balaban J connectivity index is 1.33. The summed E-state index contributed by atoms with van der Waals surface area (Å²) in [5, 5.41) is 7.06. The van der Waals surface area contributed by atoms with Crippen molar-refractivity contribution in [1.82, 2.24) is 24.9 Å². The molecule has 0 atom stereocenters. The Morgan fingerprint density at radius 3 is 2.26 bits per heavy atom. The molecule has 0 unspecified atom stereocenters. The van der Waals surface area contributed by atoms with Crippen molar-refractivity contribution in [2.75, 3.05) is 52.9 Å². The molecule has 8 heteroatoms. The van der Waals surface area contributed by atoms with Crippen molar-refractivity contribution in [3.05, 3.63) is 36.0 Å². The van der Waals surface area contributed by atoms with Crippen molar-refractivity contribution in [2.24, 2.45) is 0 Å². The summed E-state index contributed by atoms with van der Waals surface area (Å²) in [7, 11) is 1.63. The molecule has 2 fully saturated rings. The first-order valence-corrected chi connectivity index (χ1v) is 11.1. The Kier molecular flexibility index (Phi) is 6.86. The van der Waals surface area contributed by atoms with E-state index in [0.717, 1.165) is 37.2 Å². The van der Waals surface area contributed by atoms with Crippen LogP contribution in [0, 0.1) is 0 Å². The minimum atomic E-state index is -0.0296. The zero-order valence-electron chi connectivity index (χ0n) is 18.2. The fourth-order valence-electron chi connectivity index (χ4n) is 4.32. The molecule has 166 valence electrons. The number of methoxy groups -OCH3 is 1. The van der Waals surface area contributed by atoms with Crippen molar-refractivity contribution in [3.63, 3.8) is 0 Å². The van der Waals surface area contributed by atoms with Crippen LogP contribution in [-0.4, -0.2) is 89.6 Å². The van der Waals surface area contributed by atoms with Gasteiger partial charge in [0.05, 0.1) is 31.1 Å². The standard InChI is InChI=1S/C23H31N5O3/c1-31-19-8-6-18(7-9-19)22-20(16-24-25-22)23(30)28-14-12-26(13-15-28)17-21(29)27-10-4-2-3-5-11-27/h6-9,16H,2-5,10-15,17H2,1H3,(H,24,25). The Morgan fingerprint density at radius 2 is 1.61 bits per heavy atom. The van der Waals surface area contributed by atoms with Gasteiger partial charge in [-0.1, -0.05) is 12.8 Å². The molecule has 8 nitrogen and oxygen atoms in total. The number of aromatic amines is 1. The molecular formula is C23H31N5O3. The Labute approximate surface area is 183 Å². The fraction of sp³-hybridized carbons (Fsp3) is 0.522. The largest absolute Gasteiger partial charge is 0.497 e. The van der Waals surface area contributed by atoms with Crippen LogP contribution in [-0.2, 0) is 4.79 Å². The van der Waals surface area contributed by atoms with E-state index in [4.69, 9.17) is 4.74 Å². The predicted molar refractivity (Wildman–Crippen MR) is 118 cm³/mol. The molecule has 2 aliphatic heterocycles. The number of nitrogens with zero attached hydrogens (tertiary/aromatic N) is 4. The number of carbonyl (C=O) groups is 2. The Bertz CT molecular complexity index is 879. The van der Waals surface area contributed by atoms with E-state index in [-0.39, 0.29) is 11.8 Å². The van der Waals surface area contributed by atoms with Crippen molar-refractivity contribution in [3.8, 4) is 17.0 Å². The second-order valence-electron chi connectivity index (χ2n) is 8.25. The highest BCUT2D eigenvalue weighted by Gasteiger charge is 2.27. The molecule has 3 heterocycles. The van der Waals surface area contributed by atoms with Gasteiger partial charge in [-0.25, -0.2) is 0 Å². The highest BCUT2D eigenvalue weighted by Crippen LogP contribution is 2.25. The number of benzene rings is 1. The maximum absolute atomic E-state index is 13.1. The van der Waals surface area contributed by atoms with Crippen molar-refractivity contribution < 1.29 is 14.3 Å². The number of hydrogen-bond donors (Lipinski definition) is 1. The van der Waals surface area contributed by atoms with Crippen LogP contribution in [0.3, 0.4) is 0 Å². The summed E-state index contributed by atoms with van der Waals surface area (Å²) in [4.78, 5) is 31.8. The smallest absolute Gasteiger partial charge is 0.257 e. The number of rotatable bonds is 5. The number of carbonyl (C=O) groups excluding carboxylic acids is 2. The third-order valence-corrected chi connectivity index (χ3v) is 6.23. The van der Waals surface area contributed by atoms with Crippen molar-refractivity contribution in [2.45, 2.75) is 25.7 Å². The van der Waals surface area contributed by atoms with Crippen molar-refractivity contribution in [1.29, 1.82) is 0 Å². The van der Waals surface area contributed by atoms with Gasteiger partial charge >= 0.3 is 0 Å². The normalized spacial score (nSPS) is 18.0. The summed E-state index contributed by atoms with van der Waals surface area (Å²) in [5.74, 6) is 0.957. The molecule has 0 aliphatic carbocycles. The first-order valence-electron chi connectivity index (χ1n) is 11.1. The molecule has 0 radical (unpaired) electrons. The van der Waals surface area contributed by atoms with Gasteiger partial charge in [0.2, 0.25) is 5.91 Å². The van der Waals surface area contributed by atoms with Crippen LogP contribution in [0.1, 0.15) is 36.0 Å². The quantitative estimate of drug-likeness (QED) is 0.795. The number of piperazine rings is 1. The van der Waals surface area contributed by atoms with Gasteiger partial charge in [0, 0.05) is 44.8 Å². The monoisotopic (exact) mass is 425 g/mol. The average molecular weight is 426 g/mol. The number of hydrogen-bond acceptors (Lipinski definition) is 5. The van der Waals surface area contributed by atoms with Gasteiger partial charge in [0.15, 0.2) is 0 Å². The summed E-state index contributed by atoms with van der Waals surface area (Å²) in [5.41, 5.74) is 2.18. The summed E-state index contributed by atoms with van der Waals surface area (Å²) in [6.07, 6.45) is 6.25. The molecule has 4 rings (SSSR count). The van der Waals surface area contributed by atoms with E-state index in [1.165, 1.54) is 12.8 Å². The van der Waals surface area contributed by atoms with Gasteiger partial charge in [-0.05, 0) is 37.1 Å². The van der Waals surface area contributed by atoms with Gasteiger partial charge in [-0.3, -0.25) is 19.6 Å². The maximum Gasteiger partial charge on any atom is 0.257 e. The first-order chi connectivity index (χ1) is 15.2. The van der Waals surface area contributed by atoms with E-state index < -0.39 is 0 Å². The number of aromatic nitrogens is 2. The zero-order chi connectivity index (χ0) is 21.6. The fourth-order valence-corrected chi connectivity index (χ4v) is 4.32. The number of H-pyrrole nitrogens is 1. The van der Waals surface area contributed by atoms with E-state index in [0.29, 0.717) is 44.0 Å². The lowest BCUT2D eigenvalue weighted by molar-refractivity contribution is -0.132. The number of amides is 2. The van der Waals surface area contributed by atoms with E-state index in [1.54, 1.807) is 13.3 Å². The minimum absolute atomic E-state index is 0.0296. The molecule has 31 heavy (non-hydrogen) atoms. The maximum atomic E-state index is 13.1. The van der Waals surface area contributed by atoms with Gasteiger partial charge in [0.25, 0.3) is 5.91 Å². The van der Waals surface area contributed by atoms with Gasteiger partial charge in [-0.15, -0.1) is 0 Å². The molecular weight excluding hydrogens is 394 g/mol. The molecule has 1 N–H and O–H groups in total. The second kappa shape index (κ2) is 9.96. The summed E-state index contributed by atoms with van der Waals surface area (Å²) >= 11 is 0. The highest BCUT2D eigenvalue weighted by atomic mass is 16.5. The third kappa shape index (κ3) is 5.07. The molecule has 1 aromatic carbocycles. The number of nitrogens with one attached hydrogen (secondary N) is 1. The SMILES string of the molecule is COc1ccc(-c2[nH]ncc2C(=O)N2CCN(CC(=O)N3CCCCCC3)CC2)cc1. The van der Waals surface area contributed by atoms with Crippen molar-refractivity contribution >= 4 is 11.8 Å². The molecule has 0 saturated carbocycles.